The number of rotatable bonds is 15. The summed E-state index contributed by atoms with van der Waals surface area (Å²) < 4.78 is 11.1. The minimum atomic E-state index is -0.565. The minimum Gasteiger partial charge on any atom is -0.466 e. The second kappa shape index (κ2) is 16.1. The highest BCUT2D eigenvalue weighted by Gasteiger charge is 2.34. The first-order chi connectivity index (χ1) is 21.4. The Labute approximate surface area is 260 Å². The van der Waals surface area contributed by atoms with E-state index in [1.54, 1.807) is 31.2 Å². The van der Waals surface area contributed by atoms with E-state index in [9.17, 15) is 14.4 Å². The molecule has 234 valence electrons. The van der Waals surface area contributed by atoms with Crippen molar-refractivity contribution in [2.75, 3.05) is 13.2 Å². The summed E-state index contributed by atoms with van der Waals surface area (Å²) in [5.74, 6) is 5.96. The molecule has 0 radical (unpaired) electrons. The van der Waals surface area contributed by atoms with Gasteiger partial charge in [-0.1, -0.05) is 87.4 Å². The third-order valence-corrected chi connectivity index (χ3v) is 8.38. The van der Waals surface area contributed by atoms with Gasteiger partial charge in [0.05, 0.1) is 19.6 Å². The molecule has 0 saturated carbocycles. The Morgan fingerprint density at radius 1 is 0.909 bits per heavy atom. The third kappa shape index (κ3) is 8.26. The number of fused-ring (bicyclic) bond motifs is 3. The molecule has 1 aliphatic rings. The number of nitrogens with one attached hydrogen (secondary N) is 1. The molecule has 0 heterocycles. The molecule has 8 heteroatoms. The minimum absolute atomic E-state index is 0.111. The van der Waals surface area contributed by atoms with Gasteiger partial charge in [-0.05, 0) is 72.1 Å². The zero-order chi connectivity index (χ0) is 31.5. The van der Waals surface area contributed by atoms with Crippen LogP contribution in [0.3, 0.4) is 0 Å². The van der Waals surface area contributed by atoms with Gasteiger partial charge in [0.25, 0.3) is 5.91 Å². The lowest BCUT2D eigenvalue weighted by molar-refractivity contribution is -0.142. The standard InChI is InChI=1S/C36H45N3O5/c1-4-7-12-26(5-2)33(23-32-30-15-10-8-13-28(30)29-14-9-11-16-31(29)32)44-36(42)39(37)24-25-17-19-27(20-18-25)35(41)38-22-21-34(40)43-6-3/h8-11,13-20,26,32-33H,4-7,12,21-24,37H2,1-3H3,(H,38,41). The molecule has 0 spiro atoms. The molecule has 0 bridgehead atoms. The first kappa shape index (κ1) is 32.7. The van der Waals surface area contributed by atoms with Gasteiger partial charge in [-0.3, -0.25) is 9.59 Å². The fraction of sp³-hybridized carbons (Fsp3) is 0.417. The molecular formula is C36H45N3O5. The summed E-state index contributed by atoms with van der Waals surface area (Å²) in [6.07, 6.45) is 3.97. The van der Waals surface area contributed by atoms with Crippen molar-refractivity contribution < 1.29 is 23.9 Å². The van der Waals surface area contributed by atoms with Crippen molar-refractivity contribution in [3.63, 3.8) is 0 Å². The molecule has 0 fully saturated rings. The van der Waals surface area contributed by atoms with Crippen molar-refractivity contribution in [3.8, 4) is 11.1 Å². The predicted molar refractivity (Wildman–Crippen MR) is 172 cm³/mol. The molecule has 3 aromatic rings. The third-order valence-electron chi connectivity index (χ3n) is 8.38. The summed E-state index contributed by atoms with van der Waals surface area (Å²) in [4.78, 5) is 37.3. The van der Waals surface area contributed by atoms with Crippen molar-refractivity contribution in [1.82, 2.24) is 10.3 Å². The monoisotopic (exact) mass is 599 g/mol. The van der Waals surface area contributed by atoms with Crippen LogP contribution in [0, 0.1) is 5.92 Å². The number of nitrogens with two attached hydrogens (primary N) is 1. The first-order valence-corrected chi connectivity index (χ1v) is 15.8. The number of hydrogen-bond donors (Lipinski definition) is 2. The van der Waals surface area contributed by atoms with E-state index >= 15 is 0 Å². The van der Waals surface area contributed by atoms with E-state index in [0.717, 1.165) is 36.3 Å². The Kier molecular flexibility index (Phi) is 11.9. The van der Waals surface area contributed by atoms with Crippen LogP contribution in [-0.4, -0.2) is 42.2 Å². The summed E-state index contributed by atoms with van der Waals surface area (Å²) in [5, 5.41) is 3.81. The molecule has 3 aromatic carbocycles. The number of benzene rings is 3. The molecule has 2 unspecified atom stereocenters. The molecule has 0 saturated heterocycles. The quantitative estimate of drug-likeness (QED) is 0.0845. The van der Waals surface area contributed by atoms with Crippen LogP contribution < -0.4 is 11.2 Å². The van der Waals surface area contributed by atoms with E-state index in [1.807, 2.05) is 0 Å². The maximum atomic E-state index is 13.4. The number of carbonyl (C=O) groups excluding carboxylic acids is 3. The second-order valence-corrected chi connectivity index (χ2v) is 11.3. The van der Waals surface area contributed by atoms with Crippen molar-refractivity contribution in [1.29, 1.82) is 0 Å². The van der Waals surface area contributed by atoms with Gasteiger partial charge in [0.2, 0.25) is 0 Å². The molecule has 1 aliphatic carbocycles. The van der Waals surface area contributed by atoms with Gasteiger partial charge in [0, 0.05) is 18.0 Å². The van der Waals surface area contributed by atoms with Crippen LogP contribution in [0.2, 0.25) is 0 Å². The highest BCUT2D eigenvalue weighted by Crippen LogP contribution is 2.47. The molecule has 0 aliphatic heterocycles. The number of amides is 2. The van der Waals surface area contributed by atoms with E-state index in [0.29, 0.717) is 18.6 Å². The lowest BCUT2D eigenvalue weighted by Gasteiger charge is -2.30. The molecule has 44 heavy (non-hydrogen) atoms. The largest absolute Gasteiger partial charge is 0.466 e. The SMILES string of the molecule is CCCCC(CC)C(CC1c2ccccc2-c2ccccc21)OC(=O)N(N)Cc1ccc(C(=O)NCCC(=O)OCC)cc1. The van der Waals surface area contributed by atoms with Gasteiger partial charge in [-0.25, -0.2) is 15.6 Å². The normalized spacial score (nSPS) is 13.4. The fourth-order valence-electron chi connectivity index (χ4n) is 6.04. The Morgan fingerprint density at radius 2 is 1.55 bits per heavy atom. The second-order valence-electron chi connectivity index (χ2n) is 11.3. The maximum absolute atomic E-state index is 13.4. The van der Waals surface area contributed by atoms with Crippen LogP contribution in [0.25, 0.3) is 11.1 Å². The van der Waals surface area contributed by atoms with E-state index in [2.05, 4.69) is 67.7 Å². The average Bonchev–Trinajstić information content (AvgIpc) is 3.35. The smallest absolute Gasteiger partial charge is 0.424 e. The summed E-state index contributed by atoms with van der Waals surface area (Å²) in [7, 11) is 0. The van der Waals surface area contributed by atoms with E-state index in [1.165, 1.54) is 22.3 Å². The van der Waals surface area contributed by atoms with Crippen LogP contribution in [0.1, 0.15) is 92.3 Å². The van der Waals surface area contributed by atoms with Gasteiger partial charge < -0.3 is 14.8 Å². The summed E-state index contributed by atoms with van der Waals surface area (Å²) in [5.41, 5.74) is 6.25. The van der Waals surface area contributed by atoms with Gasteiger partial charge in [0.1, 0.15) is 6.10 Å². The van der Waals surface area contributed by atoms with Crippen LogP contribution in [0.5, 0.6) is 0 Å². The van der Waals surface area contributed by atoms with E-state index < -0.39 is 6.09 Å². The number of nitrogens with zero attached hydrogens (tertiary/aromatic N) is 1. The van der Waals surface area contributed by atoms with E-state index in [-0.39, 0.29) is 49.3 Å². The lowest BCUT2D eigenvalue weighted by atomic mass is 9.83. The predicted octanol–water partition coefficient (Wildman–Crippen LogP) is 6.97. The maximum Gasteiger partial charge on any atom is 0.424 e. The van der Waals surface area contributed by atoms with Gasteiger partial charge in [-0.2, -0.15) is 0 Å². The van der Waals surface area contributed by atoms with Gasteiger partial charge >= 0.3 is 12.1 Å². The Hall–Kier alpha value is -4.17. The number of esters is 1. The van der Waals surface area contributed by atoms with Gasteiger partial charge in [0.15, 0.2) is 0 Å². The molecule has 3 N–H and O–H groups in total. The van der Waals surface area contributed by atoms with E-state index in [4.69, 9.17) is 15.3 Å². The molecule has 8 nitrogen and oxygen atoms in total. The highest BCUT2D eigenvalue weighted by molar-refractivity contribution is 5.94. The van der Waals surface area contributed by atoms with Crippen molar-refractivity contribution in [3.05, 3.63) is 95.1 Å². The molecular weight excluding hydrogens is 554 g/mol. The number of hydrogen-bond acceptors (Lipinski definition) is 6. The summed E-state index contributed by atoms with van der Waals surface area (Å²) >= 11 is 0. The zero-order valence-electron chi connectivity index (χ0n) is 26.1. The Balaban J connectivity index is 1.42. The zero-order valence-corrected chi connectivity index (χ0v) is 26.1. The number of unbranched alkanes of at least 4 members (excludes halogenated alkanes) is 1. The summed E-state index contributed by atoms with van der Waals surface area (Å²) in [6.45, 7) is 6.71. The molecule has 4 rings (SSSR count). The van der Waals surface area contributed by atoms with Crippen LogP contribution >= 0.6 is 0 Å². The number of ether oxygens (including phenoxy) is 2. The highest BCUT2D eigenvalue weighted by atomic mass is 16.6. The lowest BCUT2D eigenvalue weighted by Crippen LogP contribution is -2.41. The van der Waals surface area contributed by atoms with Crippen molar-refractivity contribution >= 4 is 18.0 Å². The van der Waals surface area contributed by atoms with Crippen LogP contribution in [0.15, 0.2) is 72.8 Å². The first-order valence-electron chi connectivity index (χ1n) is 15.8. The average molecular weight is 600 g/mol. The van der Waals surface area contributed by atoms with Gasteiger partial charge in [-0.15, -0.1) is 0 Å². The van der Waals surface area contributed by atoms with Crippen LogP contribution in [0.4, 0.5) is 4.79 Å². The number of carbonyl (C=O) groups is 3. The molecule has 0 aromatic heterocycles. The van der Waals surface area contributed by atoms with Crippen molar-refractivity contribution in [2.45, 2.75) is 77.9 Å². The molecule has 2 amide bonds. The summed E-state index contributed by atoms with van der Waals surface area (Å²) in [6, 6.07) is 23.9. The Morgan fingerprint density at radius 3 is 2.14 bits per heavy atom. The topological polar surface area (TPSA) is 111 Å². The van der Waals surface area contributed by atoms with Crippen molar-refractivity contribution in [2.24, 2.45) is 11.8 Å². The number of hydrazine groups is 1. The Bertz CT molecular complexity index is 1360. The van der Waals surface area contributed by atoms with Crippen LogP contribution in [-0.2, 0) is 20.8 Å². The fourth-order valence-corrected chi connectivity index (χ4v) is 6.04. The molecule has 2 atom stereocenters.